The first kappa shape index (κ1) is 23.4. The molecule has 0 aliphatic rings. The molecule has 6 nitrogen and oxygen atoms in total. The highest BCUT2D eigenvalue weighted by molar-refractivity contribution is 5.91. The van der Waals surface area contributed by atoms with Crippen LogP contribution in [0.3, 0.4) is 0 Å². The summed E-state index contributed by atoms with van der Waals surface area (Å²) in [5.74, 6) is 0.260. The molecule has 0 saturated heterocycles. The molecule has 0 radical (unpaired) electrons. The van der Waals surface area contributed by atoms with Crippen molar-refractivity contribution in [3.63, 3.8) is 0 Å². The summed E-state index contributed by atoms with van der Waals surface area (Å²) in [6.07, 6.45) is 1.25. The van der Waals surface area contributed by atoms with Crippen molar-refractivity contribution in [2.24, 2.45) is 0 Å². The van der Waals surface area contributed by atoms with Crippen molar-refractivity contribution in [2.45, 2.75) is 26.7 Å². The summed E-state index contributed by atoms with van der Waals surface area (Å²) >= 11 is 0. The minimum Gasteiger partial charge on any atom is -0.508 e. The number of benzene rings is 2. The fourth-order valence-corrected chi connectivity index (χ4v) is 3.19. The van der Waals surface area contributed by atoms with Gasteiger partial charge >= 0.3 is 6.09 Å². The molecule has 162 valence electrons. The second-order valence-electron chi connectivity index (χ2n) is 6.65. The van der Waals surface area contributed by atoms with Gasteiger partial charge in [-0.15, -0.1) is 0 Å². The lowest BCUT2D eigenvalue weighted by Crippen LogP contribution is -2.17. The van der Waals surface area contributed by atoms with Gasteiger partial charge in [-0.25, -0.2) is 4.79 Å². The number of nitrogens with one attached hydrogen (secondary N) is 1. The predicted molar refractivity (Wildman–Crippen MR) is 120 cm³/mol. The van der Waals surface area contributed by atoms with Crippen molar-refractivity contribution in [1.82, 2.24) is 0 Å². The first-order valence-electron chi connectivity index (χ1n) is 10.2. The molecule has 0 unspecified atom stereocenters. The number of carbonyl (C=O) groups excluding carboxylic acids is 1. The van der Waals surface area contributed by atoms with E-state index in [1.165, 1.54) is 11.1 Å². The fourth-order valence-electron chi connectivity index (χ4n) is 3.19. The minimum atomic E-state index is -0.511. The number of amides is 1. The molecule has 0 bridgehead atoms. The van der Waals surface area contributed by atoms with Crippen molar-refractivity contribution in [2.75, 3.05) is 38.9 Å². The molecule has 0 aliphatic carbocycles. The molecule has 0 heterocycles. The third-order valence-corrected chi connectivity index (χ3v) is 4.66. The molecular weight excluding hydrogens is 382 g/mol. The highest BCUT2D eigenvalue weighted by Gasteiger charge is 2.10. The van der Waals surface area contributed by atoms with Crippen molar-refractivity contribution in [1.29, 1.82) is 0 Å². The lowest BCUT2D eigenvalue weighted by Gasteiger charge is -2.15. The molecule has 0 saturated carbocycles. The van der Waals surface area contributed by atoms with Crippen LogP contribution in [0.2, 0.25) is 0 Å². The van der Waals surface area contributed by atoms with Crippen molar-refractivity contribution >= 4 is 22.9 Å². The average Bonchev–Trinajstić information content (AvgIpc) is 2.76. The van der Waals surface area contributed by atoms with E-state index in [4.69, 9.17) is 14.2 Å². The molecule has 0 aromatic heterocycles. The number of rotatable bonds is 11. The van der Waals surface area contributed by atoms with Gasteiger partial charge in [0.1, 0.15) is 12.4 Å². The van der Waals surface area contributed by atoms with Gasteiger partial charge in [0, 0.05) is 12.8 Å². The third-order valence-electron chi connectivity index (χ3n) is 4.66. The molecule has 0 fully saturated rings. The highest BCUT2D eigenvalue weighted by atomic mass is 16.6. The molecule has 0 atom stereocenters. The fraction of sp³-hybridized carbons (Fsp3) is 0.375. The Morgan fingerprint density at radius 3 is 1.90 bits per heavy atom. The molecule has 2 N–H and O–H groups in total. The molecule has 0 spiro atoms. The average molecular weight is 414 g/mol. The summed E-state index contributed by atoms with van der Waals surface area (Å²) in [6.45, 7) is 5.76. The summed E-state index contributed by atoms with van der Waals surface area (Å²) in [6, 6.07) is 15.0. The minimum absolute atomic E-state index is 0.183. The zero-order valence-corrected chi connectivity index (χ0v) is 17.9. The summed E-state index contributed by atoms with van der Waals surface area (Å²) in [7, 11) is 1.61. The standard InChI is InChI=1S/C24H31NO5/c1-4-22(23(5-2)19-8-12-21(26)13-9-19)18-6-10-20(11-7-18)25-24(27)30-17-16-29-15-14-28-3/h6-13,26H,4-5,14-17H2,1-3H3,(H,25,27). The quantitative estimate of drug-likeness (QED) is 0.384. The second-order valence-corrected chi connectivity index (χ2v) is 6.65. The maximum absolute atomic E-state index is 11.9. The van der Waals surface area contributed by atoms with Crippen LogP contribution < -0.4 is 5.32 Å². The number of methoxy groups -OCH3 is 1. The van der Waals surface area contributed by atoms with Gasteiger partial charge in [0.25, 0.3) is 0 Å². The van der Waals surface area contributed by atoms with E-state index >= 15 is 0 Å². The number of phenols is 1. The molecule has 1 amide bonds. The second kappa shape index (κ2) is 12.7. The Hall–Kier alpha value is -2.83. The Labute approximate surface area is 178 Å². The summed E-state index contributed by atoms with van der Waals surface area (Å²) in [5.41, 5.74) is 5.36. The Morgan fingerprint density at radius 2 is 1.37 bits per heavy atom. The van der Waals surface area contributed by atoms with Gasteiger partial charge in [0.05, 0.1) is 19.8 Å². The van der Waals surface area contributed by atoms with Crippen LogP contribution in [-0.4, -0.2) is 44.7 Å². The van der Waals surface area contributed by atoms with Crippen LogP contribution in [0.15, 0.2) is 48.5 Å². The third kappa shape index (κ3) is 7.21. The number of allylic oxidation sites excluding steroid dienone is 2. The van der Waals surface area contributed by atoms with Gasteiger partial charge in [-0.05, 0) is 59.4 Å². The summed E-state index contributed by atoms with van der Waals surface area (Å²) in [4.78, 5) is 11.9. The van der Waals surface area contributed by atoms with Gasteiger partial charge in [0.15, 0.2) is 0 Å². The van der Waals surface area contributed by atoms with E-state index in [0.717, 1.165) is 24.0 Å². The molecule has 0 aliphatic heterocycles. The smallest absolute Gasteiger partial charge is 0.411 e. The van der Waals surface area contributed by atoms with Crippen molar-refractivity contribution < 1.29 is 24.1 Å². The van der Waals surface area contributed by atoms with Crippen LogP contribution in [0.1, 0.15) is 37.8 Å². The zero-order chi connectivity index (χ0) is 21.8. The van der Waals surface area contributed by atoms with Gasteiger partial charge in [-0.3, -0.25) is 5.32 Å². The van der Waals surface area contributed by atoms with Gasteiger partial charge < -0.3 is 19.3 Å². The predicted octanol–water partition coefficient (Wildman–Crippen LogP) is 5.33. The monoisotopic (exact) mass is 413 g/mol. The van der Waals surface area contributed by atoms with E-state index in [-0.39, 0.29) is 12.4 Å². The van der Waals surface area contributed by atoms with Crippen molar-refractivity contribution in [3.8, 4) is 5.75 Å². The van der Waals surface area contributed by atoms with E-state index in [1.807, 2.05) is 36.4 Å². The zero-order valence-electron chi connectivity index (χ0n) is 17.9. The first-order chi connectivity index (χ1) is 14.6. The lowest BCUT2D eigenvalue weighted by atomic mass is 9.91. The first-order valence-corrected chi connectivity index (χ1v) is 10.2. The number of aromatic hydroxyl groups is 1. The van der Waals surface area contributed by atoms with Crippen LogP contribution in [0.25, 0.3) is 11.1 Å². The maximum Gasteiger partial charge on any atom is 0.411 e. The van der Waals surface area contributed by atoms with Gasteiger partial charge in [0.2, 0.25) is 0 Å². The van der Waals surface area contributed by atoms with Crippen molar-refractivity contribution in [3.05, 3.63) is 59.7 Å². The molecule has 30 heavy (non-hydrogen) atoms. The SMILES string of the molecule is CCC(=C(CC)c1ccc(NC(=O)OCCOCCOC)cc1)c1ccc(O)cc1. The van der Waals surface area contributed by atoms with Gasteiger partial charge in [-0.2, -0.15) is 0 Å². The lowest BCUT2D eigenvalue weighted by molar-refractivity contribution is 0.0447. The largest absolute Gasteiger partial charge is 0.508 e. The molecule has 2 aromatic rings. The van der Waals surface area contributed by atoms with E-state index < -0.39 is 6.09 Å². The van der Waals surface area contributed by atoms with Crippen LogP contribution in [0, 0.1) is 0 Å². The Bertz CT molecular complexity index is 812. The molecule has 2 rings (SSSR count). The number of hydrogen-bond donors (Lipinski definition) is 2. The number of anilines is 1. The van der Waals surface area contributed by atoms with E-state index in [9.17, 15) is 9.90 Å². The normalized spacial score (nSPS) is 11.7. The van der Waals surface area contributed by atoms with E-state index in [0.29, 0.717) is 25.5 Å². The van der Waals surface area contributed by atoms with Crippen LogP contribution in [0.4, 0.5) is 10.5 Å². The van der Waals surface area contributed by atoms with Gasteiger partial charge in [-0.1, -0.05) is 38.1 Å². The summed E-state index contributed by atoms with van der Waals surface area (Å²) in [5, 5.41) is 12.3. The molecular formula is C24H31NO5. The van der Waals surface area contributed by atoms with Crippen LogP contribution >= 0.6 is 0 Å². The Kier molecular flexibility index (Phi) is 9.91. The molecule has 2 aromatic carbocycles. The van der Waals surface area contributed by atoms with Crippen LogP contribution in [-0.2, 0) is 14.2 Å². The molecule has 6 heteroatoms. The summed E-state index contributed by atoms with van der Waals surface area (Å²) < 4.78 is 15.2. The van der Waals surface area contributed by atoms with E-state index in [2.05, 4.69) is 19.2 Å². The Balaban J connectivity index is 2.00. The number of ether oxygens (including phenoxy) is 3. The maximum atomic E-state index is 11.9. The number of carbonyl (C=O) groups is 1. The number of phenolic OH excluding ortho intramolecular Hbond substituents is 1. The van der Waals surface area contributed by atoms with Crippen LogP contribution in [0.5, 0.6) is 5.75 Å². The van der Waals surface area contributed by atoms with E-state index in [1.54, 1.807) is 19.2 Å². The topological polar surface area (TPSA) is 77.0 Å². The number of hydrogen-bond acceptors (Lipinski definition) is 5. The highest BCUT2D eigenvalue weighted by Crippen LogP contribution is 2.32. The Morgan fingerprint density at radius 1 is 0.833 bits per heavy atom.